The van der Waals surface area contributed by atoms with Crippen LogP contribution < -0.4 is 10.6 Å². The molecule has 0 saturated heterocycles. The maximum atomic E-state index is 14.0. The first kappa shape index (κ1) is 17.4. The number of halogens is 4. The lowest BCUT2D eigenvalue weighted by atomic mass is 10.2. The van der Waals surface area contributed by atoms with Gasteiger partial charge in [-0.15, -0.1) is 0 Å². The Bertz CT molecular complexity index is 915. The lowest BCUT2D eigenvalue weighted by Crippen LogP contribution is -2.08. The third kappa shape index (κ3) is 3.97. The molecule has 2 N–H and O–H groups in total. The van der Waals surface area contributed by atoms with Gasteiger partial charge in [0.2, 0.25) is 5.95 Å². The Labute approximate surface area is 151 Å². The lowest BCUT2D eigenvalue weighted by Gasteiger charge is -2.11. The molecule has 0 unspecified atom stereocenters. The monoisotopic (exact) mass is 384 g/mol. The van der Waals surface area contributed by atoms with Gasteiger partial charge < -0.3 is 10.6 Å². The molecule has 2 heterocycles. The molecule has 0 atom stereocenters. The first-order valence-electron chi connectivity index (χ1n) is 7.08. The Morgan fingerprint density at radius 1 is 1.16 bits per heavy atom. The van der Waals surface area contributed by atoms with E-state index in [1.165, 1.54) is 12.1 Å². The van der Waals surface area contributed by atoms with Gasteiger partial charge in [0.1, 0.15) is 5.82 Å². The summed E-state index contributed by atoms with van der Waals surface area (Å²) >= 11 is 11.7. The molecule has 0 aliphatic rings. The lowest BCUT2D eigenvalue weighted by molar-refractivity contribution is 0.607. The van der Waals surface area contributed by atoms with Crippen LogP contribution >= 0.6 is 23.2 Å². The number of rotatable bonds is 5. The van der Waals surface area contributed by atoms with Crippen LogP contribution in [0, 0.1) is 11.6 Å². The van der Waals surface area contributed by atoms with Gasteiger partial charge in [0.05, 0.1) is 23.1 Å². The van der Waals surface area contributed by atoms with Crippen molar-refractivity contribution in [1.82, 2.24) is 19.7 Å². The van der Waals surface area contributed by atoms with Crippen LogP contribution in [0.15, 0.2) is 30.7 Å². The van der Waals surface area contributed by atoms with E-state index in [0.29, 0.717) is 5.69 Å². The third-order valence-electron chi connectivity index (χ3n) is 3.28. The predicted octanol–water partition coefficient (Wildman–Crippen LogP) is 4.15. The molecule has 130 valence electrons. The summed E-state index contributed by atoms with van der Waals surface area (Å²) < 4.78 is 29.5. The van der Waals surface area contributed by atoms with Crippen molar-refractivity contribution in [3.63, 3.8) is 0 Å². The zero-order chi connectivity index (χ0) is 18.0. The highest BCUT2D eigenvalue weighted by Gasteiger charge is 2.13. The van der Waals surface area contributed by atoms with E-state index in [-0.39, 0.29) is 33.9 Å². The number of nitrogens with one attached hydrogen (secondary N) is 2. The number of aryl methyl sites for hydroxylation is 1. The van der Waals surface area contributed by atoms with E-state index < -0.39 is 11.6 Å². The summed E-state index contributed by atoms with van der Waals surface area (Å²) in [6.45, 7) is -0.0918. The molecule has 2 aromatic heterocycles. The molecule has 0 amide bonds. The number of aromatic nitrogens is 4. The fraction of sp³-hybridized carbons (Fsp3) is 0.133. The normalized spacial score (nSPS) is 10.8. The summed E-state index contributed by atoms with van der Waals surface area (Å²) in [4.78, 5) is 7.88. The second-order valence-electron chi connectivity index (χ2n) is 5.09. The Hall–Kier alpha value is -2.45. The first-order chi connectivity index (χ1) is 11.9. The van der Waals surface area contributed by atoms with Crippen LogP contribution in [0.1, 0.15) is 5.56 Å². The molecule has 0 spiro atoms. The number of anilines is 3. The number of hydrogen-bond acceptors (Lipinski definition) is 5. The molecule has 0 radical (unpaired) electrons. The van der Waals surface area contributed by atoms with Crippen molar-refractivity contribution in [3.05, 3.63) is 58.0 Å². The Kier molecular flexibility index (Phi) is 5.00. The van der Waals surface area contributed by atoms with Crippen LogP contribution in [0.4, 0.5) is 26.2 Å². The van der Waals surface area contributed by atoms with Crippen molar-refractivity contribution in [2.75, 3.05) is 10.6 Å². The zero-order valence-corrected chi connectivity index (χ0v) is 14.4. The molecule has 0 aliphatic heterocycles. The fourth-order valence-corrected chi connectivity index (χ4v) is 2.46. The minimum absolute atomic E-state index is 0.0664. The van der Waals surface area contributed by atoms with Crippen molar-refractivity contribution in [1.29, 1.82) is 0 Å². The molecule has 0 saturated carbocycles. The highest BCUT2D eigenvalue weighted by atomic mass is 35.5. The molecule has 0 fully saturated rings. The molecule has 3 aromatic rings. The minimum atomic E-state index is -0.685. The van der Waals surface area contributed by atoms with Gasteiger partial charge >= 0.3 is 0 Å². The smallest absolute Gasteiger partial charge is 0.229 e. The standard InChI is InChI=1S/C15H12Cl2F2N6/c1-25-7-8(4-22-25)23-15-21-6-12(18)14(24-15)20-5-9-10(16)2-3-11(17)13(9)19/h2-4,6-7H,5H2,1H3,(H2,20,21,23,24). The predicted molar refractivity (Wildman–Crippen MR) is 92.2 cm³/mol. The number of benzene rings is 1. The molecule has 1 aromatic carbocycles. The molecule has 25 heavy (non-hydrogen) atoms. The van der Waals surface area contributed by atoms with Gasteiger partial charge in [-0.2, -0.15) is 10.1 Å². The highest BCUT2D eigenvalue weighted by molar-refractivity contribution is 6.33. The van der Waals surface area contributed by atoms with E-state index in [4.69, 9.17) is 23.2 Å². The van der Waals surface area contributed by atoms with Crippen LogP contribution in [0.25, 0.3) is 0 Å². The van der Waals surface area contributed by atoms with Gasteiger partial charge in [-0.3, -0.25) is 4.68 Å². The Morgan fingerprint density at radius 3 is 2.64 bits per heavy atom. The average molecular weight is 385 g/mol. The Morgan fingerprint density at radius 2 is 1.92 bits per heavy atom. The van der Waals surface area contributed by atoms with E-state index in [1.54, 1.807) is 24.1 Å². The van der Waals surface area contributed by atoms with Gasteiger partial charge in [-0.05, 0) is 12.1 Å². The second-order valence-corrected chi connectivity index (χ2v) is 5.91. The van der Waals surface area contributed by atoms with Crippen LogP contribution in [-0.2, 0) is 13.6 Å². The summed E-state index contributed by atoms with van der Waals surface area (Å²) in [5.74, 6) is -1.29. The van der Waals surface area contributed by atoms with E-state index >= 15 is 0 Å². The topological polar surface area (TPSA) is 67.7 Å². The fourth-order valence-electron chi connectivity index (χ4n) is 2.07. The number of hydrogen-bond donors (Lipinski definition) is 2. The summed E-state index contributed by atoms with van der Waals surface area (Å²) in [7, 11) is 1.76. The van der Waals surface area contributed by atoms with E-state index in [2.05, 4.69) is 25.7 Å². The van der Waals surface area contributed by atoms with Crippen LogP contribution in [-0.4, -0.2) is 19.7 Å². The van der Waals surface area contributed by atoms with E-state index in [0.717, 1.165) is 6.20 Å². The molecule has 0 bridgehead atoms. The van der Waals surface area contributed by atoms with Gasteiger partial charge in [-0.1, -0.05) is 23.2 Å². The minimum Gasteiger partial charge on any atom is -0.363 e. The molecular weight excluding hydrogens is 373 g/mol. The number of nitrogens with zero attached hydrogens (tertiary/aromatic N) is 4. The van der Waals surface area contributed by atoms with Crippen LogP contribution in [0.5, 0.6) is 0 Å². The van der Waals surface area contributed by atoms with Crippen molar-refractivity contribution in [2.24, 2.45) is 7.05 Å². The zero-order valence-electron chi connectivity index (χ0n) is 12.9. The van der Waals surface area contributed by atoms with Gasteiger partial charge in [0, 0.05) is 30.4 Å². The molecule has 6 nitrogen and oxygen atoms in total. The average Bonchev–Trinajstić information content (AvgIpc) is 2.99. The quantitative estimate of drug-likeness (QED) is 0.646. The van der Waals surface area contributed by atoms with E-state index in [9.17, 15) is 8.78 Å². The van der Waals surface area contributed by atoms with Gasteiger partial charge in [-0.25, -0.2) is 13.8 Å². The maximum Gasteiger partial charge on any atom is 0.229 e. The van der Waals surface area contributed by atoms with Crippen molar-refractivity contribution in [3.8, 4) is 0 Å². The maximum absolute atomic E-state index is 14.0. The van der Waals surface area contributed by atoms with Crippen molar-refractivity contribution < 1.29 is 8.78 Å². The summed E-state index contributed by atoms with van der Waals surface area (Å²) in [6.07, 6.45) is 4.28. The van der Waals surface area contributed by atoms with Crippen LogP contribution in [0.2, 0.25) is 10.0 Å². The van der Waals surface area contributed by atoms with Crippen LogP contribution in [0.3, 0.4) is 0 Å². The van der Waals surface area contributed by atoms with Crippen molar-refractivity contribution in [2.45, 2.75) is 6.54 Å². The summed E-state index contributed by atoms with van der Waals surface area (Å²) in [5, 5.41) is 9.70. The van der Waals surface area contributed by atoms with Gasteiger partial charge in [0.15, 0.2) is 11.6 Å². The summed E-state index contributed by atoms with van der Waals surface area (Å²) in [6, 6.07) is 2.82. The van der Waals surface area contributed by atoms with Crippen molar-refractivity contribution >= 4 is 40.7 Å². The molecule has 10 heteroatoms. The Balaban J connectivity index is 1.78. The largest absolute Gasteiger partial charge is 0.363 e. The first-order valence-corrected chi connectivity index (χ1v) is 7.84. The third-order valence-corrected chi connectivity index (χ3v) is 3.92. The second kappa shape index (κ2) is 7.20. The van der Waals surface area contributed by atoms with Gasteiger partial charge in [0.25, 0.3) is 0 Å². The SMILES string of the molecule is Cn1cc(Nc2ncc(F)c(NCc3c(Cl)ccc(Cl)c3F)n2)cn1. The molecule has 0 aliphatic carbocycles. The highest BCUT2D eigenvalue weighted by Crippen LogP contribution is 2.26. The molecule has 3 rings (SSSR count). The summed E-state index contributed by atoms with van der Waals surface area (Å²) in [5.41, 5.74) is 0.762. The molecular formula is C15H12Cl2F2N6. The van der Waals surface area contributed by atoms with E-state index in [1.807, 2.05) is 0 Å².